The van der Waals surface area contributed by atoms with E-state index < -0.39 is 0 Å². The lowest BCUT2D eigenvalue weighted by Crippen LogP contribution is -2.39. The molecular formula is C28H30ClN5O2S. The molecule has 7 nitrogen and oxygen atoms in total. The number of thioether (sulfide) groups is 1. The zero-order valence-electron chi connectivity index (χ0n) is 21.3. The van der Waals surface area contributed by atoms with Gasteiger partial charge < -0.3 is 9.64 Å². The second-order valence-electron chi connectivity index (χ2n) is 9.33. The summed E-state index contributed by atoms with van der Waals surface area (Å²) >= 11 is 7.87. The fraction of sp³-hybridized carbons (Fsp3) is 0.357. The van der Waals surface area contributed by atoms with Gasteiger partial charge in [-0.05, 0) is 68.8 Å². The minimum atomic E-state index is -0.0246. The normalized spacial score (nSPS) is 15.4. The Bertz CT molecular complexity index is 1420. The lowest BCUT2D eigenvalue weighted by atomic mass is 10.0. The number of benzene rings is 2. The van der Waals surface area contributed by atoms with Crippen molar-refractivity contribution in [3.63, 3.8) is 0 Å². The number of carbonyl (C=O) groups is 1. The van der Waals surface area contributed by atoms with E-state index in [9.17, 15) is 4.79 Å². The van der Waals surface area contributed by atoms with Gasteiger partial charge in [0.05, 0.1) is 17.3 Å². The van der Waals surface area contributed by atoms with E-state index in [-0.39, 0.29) is 18.6 Å². The van der Waals surface area contributed by atoms with Crippen molar-refractivity contribution in [1.29, 1.82) is 0 Å². The van der Waals surface area contributed by atoms with Crippen LogP contribution in [0.5, 0.6) is 0 Å². The Labute approximate surface area is 226 Å². The second kappa shape index (κ2) is 11.2. The number of hydrogen-bond donors (Lipinski definition) is 0. The molecule has 1 aliphatic heterocycles. The van der Waals surface area contributed by atoms with Crippen LogP contribution in [-0.2, 0) is 22.6 Å². The summed E-state index contributed by atoms with van der Waals surface area (Å²) in [5, 5.41) is 6.11. The number of carbonyl (C=O) groups excluding carboxylic acids is 1. The van der Waals surface area contributed by atoms with Crippen molar-refractivity contribution in [2.75, 3.05) is 19.4 Å². The molecule has 1 amide bonds. The van der Waals surface area contributed by atoms with Crippen LogP contribution in [0.15, 0.2) is 53.4 Å². The number of aromatic nitrogens is 4. The fourth-order valence-corrected chi connectivity index (χ4v) is 5.29. The summed E-state index contributed by atoms with van der Waals surface area (Å²) < 4.78 is 7.58. The van der Waals surface area contributed by atoms with Crippen LogP contribution in [0.25, 0.3) is 22.2 Å². The van der Waals surface area contributed by atoms with E-state index in [1.165, 1.54) is 0 Å². The largest absolute Gasteiger partial charge is 0.376 e. The third kappa shape index (κ3) is 5.98. The predicted octanol–water partition coefficient (Wildman–Crippen LogP) is 5.69. The lowest BCUT2D eigenvalue weighted by Gasteiger charge is -2.27. The number of halogens is 1. The zero-order chi connectivity index (χ0) is 25.9. The minimum Gasteiger partial charge on any atom is -0.376 e. The Hall–Kier alpha value is -2.94. The van der Waals surface area contributed by atoms with Crippen LogP contribution in [-0.4, -0.2) is 56.1 Å². The first kappa shape index (κ1) is 25.7. The summed E-state index contributed by atoms with van der Waals surface area (Å²) in [5.41, 5.74) is 3.71. The quantitative estimate of drug-likeness (QED) is 0.270. The highest BCUT2D eigenvalue weighted by Crippen LogP contribution is 2.30. The van der Waals surface area contributed by atoms with E-state index in [4.69, 9.17) is 21.3 Å². The van der Waals surface area contributed by atoms with E-state index in [0.29, 0.717) is 23.9 Å². The second-order valence-corrected chi connectivity index (χ2v) is 10.7. The maximum absolute atomic E-state index is 13.6. The van der Waals surface area contributed by atoms with Gasteiger partial charge in [-0.3, -0.25) is 4.79 Å². The van der Waals surface area contributed by atoms with Crippen LogP contribution >= 0.6 is 23.4 Å². The van der Waals surface area contributed by atoms with Crippen LogP contribution in [0.1, 0.15) is 30.1 Å². The van der Waals surface area contributed by atoms with E-state index in [2.05, 4.69) is 40.6 Å². The smallest absolute Gasteiger partial charge is 0.244 e. The summed E-state index contributed by atoms with van der Waals surface area (Å²) in [5.74, 6) is 1.36. The van der Waals surface area contributed by atoms with Crippen molar-refractivity contribution in [1.82, 2.24) is 24.6 Å². The van der Waals surface area contributed by atoms with Crippen LogP contribution in [0.2, 0.25) is 5.02 Å². The molecule has 1 fully saturated rings. The third-order valence-electron chi connectivity index (χ3n) is 6.63. The molecule has 192 valence electrons. The topological polar surface area (TPSA) is 73.1 Å². The van der Waals surface area contributed by atoms with Crippen molar-refractivity contribution in [3.8, 4) is 11.3 Å². The molecule has 0 N–H and O–H groups in total. The van der Waals surface area contributed by atoms with Crippen LogP contribution in [0.4, 0.5) is 0 Å². The van der Waals surface area contributed by atoms with Crippen molar-refractivity contribution < 1.29 is 9.53 Å². The van der Waals surface area contributed by atoms with Crippen LogP contribution in [0, 0.1) is 13.8 Å². The van der Waals surface area contributed by atoms with Gasteiger partial charge in [-0.25, -0.2) is 14.6 Å². The molecule has 2 aromatic heterocycles. The Kier molecular flexibility index (Phi) is 7.79. The highest BCUT2D eigenvalue weighted by atomic mass is 35.5. The number of hydrogen-bond acceptors (Lipinski definition) is 6. The first-order valence-electron chi connectivity index (χ1n) is 12.4. The van der Waals surface area contributed by atoms with Crippen LogP contribution < -0.4 is 0 Å². The monoisotopic (exact) mass is 535 g/mol. The van der Waals surface area contributed by atoms with E-state index >= 15 is 0 Å². The van der Waals surface area contributed by atoms with Crippen molar-refractivity contribution >= 4 is 40.2 Å². The Balaban J connectivity index is 1.54. The molecule has 0 spiro atoms. The van der Waals surface area contributed by atoms with Gasteiger partial charge in [0.25, 0.3) is 0 Å². The Morgan fingerprint density at radius 3 is 2.65 bits per heavy atom. The first-order valence-corrected chi connectivity index (χ1v) is 14.0. The number of fused-ring (bicyclic) bond motifs is 1. The minimum absolute atomic E-state index is 0.0246. The number of aryl methyl sites for hydroxylation is 2. The standard InChI is InChI=1S/C28H30ClN5O2S/c1-18-30-19(2)34(32-18)17-27(35)33(16-24-5-4-12-36-24)15-22-13-21-8-11-25(37-3)14-26(21)31-28(22)20-6-9-23(29)10-7-20/h6-11,13-14,24H,4-5,12,15-17H2,1-3H3/t24-/m0/s1. The van der Waals surface area contributed by atoms with Crippen LogP contribution in [0.3, 0.4) is 0 Å². The molecule has 0 saturated carbocycles. The van der Waals surface area contributed by atoms with Gasteiger partial charge in [0.2, 0.25) is 5.91 Å². The molecule has 0 radical (unpaired) electrons. The highest BCUT2D eigenvalue weighted by molar-refractivity contribution is 7.98. The number of rotatable bonds is 8. The number of nitrogens with zero attached hydrogens (tertiary/aromatic N) is 5. The number of amides is 1. The molecule has 37 heavy (non-hydrogen) atoms. The van der Waals surface area contributed by atoms with Gasteiger partial charge in [0, 0.05) is 40.6 Å². The highest BCUT2D eigenvalue weighted by Gasteiger charge is 2.25. The number of pyridine rings is 1. The molecule has 5 rings (SSSR count). The molecule has 4 aromatic rings. The fourth-order valence-electron chi connectivity index (χ4n) is 4.73. The van der Waals surface area contributed by atoms with Gasteiger partial charge >= 0.3 is 0 Å². The summed E-state index contributed by atoms with van der Waals surface area (Å²) in [4.78, 5) is 26.1. The summed E-state index contributed by atoms with van der Waals surface area (Å²) in [6.07, 6.45) is 4.05. The summed E-state index contributed by atoms with van der Waals surface area (Å²) in [7, 11) is 0. The molecule has 0 bridgehead atoms. The zero-order valence-corrected chi connectivity index (χ0v) is 22.8. The van der Waals surface area contributed by atoms with Gasteiger partial charge in [0.1, 0.15) is 18.2 Å². The molecule has 2 aromatic carbocycles. The van der Waals surface area contributed by atoms with Gasteiger partial charge in [-0.1, -0.05) is 29.8 Å². The van der Waals surface area contributed by atoms with Gasteiger partial charge in [-0.15, -0.1) is 11.8 Å². The maximum atomic E-state index is 13.6. The van der Waals surface area contributed by atoms with Gasteiger partial charge in [-0.2, -0.15) is 5.10 Å². The molecule has 1 atom stereocenters. The first-order chi connectivity index (χ1) is 17.9. The Morgan fingerprint density at radius 1 is 1.16 bits per heavy atom. The molecule has 1 saturated heterocycles. The Morgan fingerprint density at radius 2 is 1.97 bits per heavy atom. The third-order valence-corrected chi connectivity index (χ3v) is 7.61. The van der Waals surface area contributed by atoms with Crippen molar-refractivity contribution in [2.45, 2.75) is 50.8 Å². The molecule has 0 aliphatic carbocycles. The lowest BCUT2D eigenvalue weighted by molar-refractivity contribution is -0.134. The average molecular weight is 536 g/mol. The molecule has 3 heterocycles. The molecule has 9 heteroatoms. The van der Waals surface area contributed by atoms with E-state index in [1.54, 1.807) is 16.4 Å². The van der Waals surface area contributed by atoms with Crippen molar-refractivity contribution in [3.05, 3.63) is 70.8 Å². The molecule has 1 aliphatic rings. The maximum Gasteiger partial charge on any atom is 0.244 e. The van der Waals surface area contributed by atoms with E-state index in [0.717, 1.165) is 57.9 Å². The number of ether oxygens (including phenoxy) is 1. The predicted molar refractivity (Wildman–Crippen MR) is 148 cm³/mol. The molecular weight excluding hydrogens is 506 g/mol. The summed E-state index contributed by atoms with van der Waals surface area (Å²) in [6.45, 7) is 5.50. The molecule has 0 unspecified atom stereocenters. The summed E-state index contributed by atoms with van der Waals surface area (Å²) in [6, 6.07) is 16.2. The van der Waals surface area contributed by atoms with E-state index in [1.807, 2.05) is 43.0 Å². The SMILES string of the molecule is CSc1ccc2cc(CN(C[C@@H]3CCCO3)C(=O)Cn3nc(C)nc3C)c(-c3ccc(Cl)cc3)nc2c1. The van der Waals surface area contributed by atoms with Crippen molar-refractivity contribution in [2.24, 2.45) is 0 Å². The van der Waals surface area contributed by atoms with Gasteiger partial charge in [0.15, 0.2) is 0 Å². The average Bonchev–Trinajstić information content (AvgIpc) is 3.52.